The van der Waals surface area contributed by atoms with E-state index in [1.54, 1.807) is 0 Å². The third-order valence-electron chi connectivity index (χ3n) is 4.75. The van der Waals surface area contributed by atoms with E-state index in [4.69, 9.17) is 10.8 Å². The number of carboxylic acid groups (broad SMARTS) is 1. The van der Waals surface area contributed by atoms with Crippen LogP contribution in [0.15, 0.2) is 0 Å². The number of likely N-dealkylation sites (tertiary alicyclic amines) is 1. The van der Waals surface area contributed by atoms with Crippen LogP contribution in [0.25, 0.3) is 0 Å². The van der Waals surface area contributed by atoms with Gasteiger partial charge in [0, 0.05) is 19.0 Å². The highest BCUT2D eigenvalue weighted by Crippen LogP contribution is 2.31. The second-order valence-corrected chi connectivity index (χ2v) is 6.30. The number of carboxylic acids is 1. The molecule has 2 aliphatic rings. The Balaban J connectivity index is 2.02. The fourth-order valence-corrected chi connectivity index (χ4v) is 3.54. The highest BCUT2D eigenvalue weighted by Gasteiger charge is 2.41. The first-order valence-corrected chi connectivity index (χ1v) is 7.85. The predicted molar refractivity (Wildman–Crippen MR) is 76.2 cm³/mol. The van der Waals surface area contributed by atoms with Gasteiger partial charge in [0.05, 0.1) is 5.54 Å². The predicted octanol–water partition coefficient (Wildman–Crippen LogP) is 1.89. The van der Waals surface area contributed by atoms with Crippen molar-refractivity contribution in [3.63, 3.8) is 0 Å². The van der Waals surface area contributed by atoms with E-state index in [9.17, 15) is 9.59 Å². The van der Waals surface area contributed by atoms with Gasteiger partial charge in [-0.1, -0.05) is 19.3 Å². The molecule has 0 aromatic carbocycles. The lowest BCUT2D eigenvalue weighted by Gasteiger charge is -2.42. The summed E-state index contributed by atoms with van der Waals surface area (Å²) < 4.78 is 0. The van der Waals surface area contributed by atoms with E-state index >= 15 is 0 Å². The summed E-state index contributed by atoms with van der Waals surface area (Å²) in [4.78, 5) is 25.4. The summed E-state index contributed by atoms with van der Waals surface area (Å²) in [5.41, 5.74) is 5.65. The summed E-state index contributed by atoms with van der Waals surface area (Å²) in [6.07, 6.45) is 8.43. The number of piperidine rings is 1. The van der Waals surface area contributed by atoms with Crippen molar-refractivity contribution in [3.8, 4) is 0 Å². The second kappa shape index (κ2) is 6.57. The standard InChI is InChI=1S/C15H26N2O3/c16-15(9-3-1-4-10-15)14(20)17-11-5-2-6-12(17)7-8-13(18)19/h12H,1-11,16H2,(H,18,19). The molecule has 114 valence electrons. The molecule has 0 radical (unpaired) electrons. The van der Waals surface area contributed by atoms with E-state index in [0.717, 1.165) is 57.9 Å². The average Bonchev–Trinajstić information content (AvgIpc) is 2.45. The van der Waals surface area contributed by atoms with E-state index in [-0.39, 0.29) is 18.4 Å². The average molecular weight is 282 g/mol. The lowest BCUT2D eigenvalue weighted by atomic mass is 9.80. The molecule has 0 bridgehead atoms. The fraction of sp³-hybridized carbons (Fsp3) is 0.867. The topological polar surface area (TPSA) is 83.6 Å². The maximum atomic E-state index is 12.8. The number of carbonyl (C=O) groups is 2. The number of hydrogen-bond acceptors (Lipinski definition) is 3. The molecule has 20 heavy (non-hydrogen) atoms. The van der Waals surface area contributed by atoms with Crippen molar-refractivity contribution in [2.75, 3.05) is 6.54 Å². The van der Waals surface area contributed by atoms with Gasteiger partial charge in [0.25, 0.3) is 0 Å². The Morgan fingerprint density at radius 3 is 2.50 bits per heavy atom. The molecule has 1 aliphatic carbocycles. The Morgan fingerprint density at radius 1 is 1.15 bits per heavy atom. The van der Waals surface area contributed by atoms with Gasteiger partial charge in [-0.15, -0.1) is 0 Å². The molecule has 1 saturated carbocycles. The molecular weight excluding hydrogens is 256 g/mol. The number of rotatable bonds is 4. The molecule has 2 fully saturated rings. The monoisotopic (exact) mass is 282 g/mol. The molecule has 5 nitrogen and oxygen atoms in total. The maximum absolute atomic E-state index is 12.8. The number of nitrogens with zero attached hydrogens (tertiary/aromatic N) is 1. The summed E-state index contributed by atoms with van der Waals surface area (Å²) in [6, 6.07) is 0.0645. The van der Waals surface area contributed by atoms with Crippen LogP contribution in [0.4, 0.5) is 0 Å². The first kappa shape index (κ1) is 15.3. The number of aliphatic carboxylic acids is 1. The van der Waals surface area contributed by atoms with E-state index in [1.807, 2.05) is 4.90 Å². The minimum Gasteiger partial charge on any atom is -0.481 e. The van der Waals surface area contributed by atoms with E-state index in [0.29, 0.717) is 6.42 Å². The SMILES string of the molecule is NC1(C(=O)N2CCCCC2CCC(=O)O)CCCCC1. The smallest absolute Gasteiger partial charge is 0.303 e. The summed E-state index contributed by atoms with van der Waals surface area (Å²) in [5.74, 6) is -0.726. The Kier molecular flexibility index (Phi) is 5.02. The zero-order valence-corrected chi connectivity index (χ0v) is 12.1. The minimum atomic E-state index is -0.789. The van der Waals surface area contributed by atoms with Gasteiger partial charge in [-0.3, -0.25) is 9.59 Å². The zero-order chi connectivity index (χ0) is 14.6. The molecule has 1 heterocycles. The Hall–Kier alpha value is -1.10. The maximum Gasteiger partial charge on any atom is 0.303 e. The lowest BCUT2D eigenvalue weighted by molar-refractivity contribution is -0.144. The van der Waals surface area contributed by atoms with E-state index in [1.165, 1.54) is 0 Å². The molecule has 0 aromatic heterocycles. The highest BCUT2D eigenvalue weighted by atomic mass is 16.4. The molecule has 0 aromatic rings. The van der Waals surface area contributed by atoms with Crippen LogP contribution in [0.3, 0.4) is 0 Å². The van der Waals surface area contributed by atoms with Crippen molar-refractivity contribution in [2.45, 2.75) is 75.8 Å². The molecule has 1 atom stereocenters. The van der Waals surface area contributed by atoms with Crippen LogP contribution in [-0.4, -0.2) is 40.0 Å². The zero-order valence-electron chi connectivity index (χ0n) is 12.1. The first-order chi connectivity index (χ1) is 9.53. The van der Waals surface area contributed by atoms with Crippen molar-refractivity contribution in [3.05, 3.63) is 0 Å². The molecule has 1 unspecified atom stereocenters. The van der Waals surface area contributed by atoms with Crippen LogP contribution < -0.4 is 5.73 Å². The lowest BCUT2D eigenvalue weighted by Crippen LogP contribution is -2.59. The number of hydrogen-bond donors (Lipinski definition) is 2. The molecule has 5 heteroatoms. The van der Waals surface area contributed by atoms with Crippen LogP contribution in [0.5, 0.6) is 0 Å². The Bertz CT molecular complexity index is 364. The molecule has 1 aliphatic heterocycles. The van der Waals surface area contributed by atoms with E-state index in [2.05, 4.69) is 0 Å². The van der Waals surface area contributed by atoms with Gasteiger partial charge in [0.2, 0.25) is 5.91 Å². The van der Waals surface area contributed by atoms with Gasteiger partial charge in [0.15, 0.2) is 0 Å². The van der Waals surface area contributed by atoms with Gasteiger partial charge in [-0.05, 0) is 38.5 Å². The van der Waals surface area contributed by atoms with Crippen LogP contribution in [0.2, 0.25) is 0 Å². The molecule has 3 N–H and O–H groups in total. The van der Waals surface area contributed by atoms with Crippen LogP contribution >= 0.6 is 0 Å². The quantitative estimate of drug-likeness (QED) is 0.824. The summed E-state index contributed by atoms with van der Waals surface area (Å²) in [7, 11) is 0. The molecular formula is C15H26N2O3. The van der Waals surface area contributed by atoms with E-state index < -0.39 is 11.5 Å². The highest BCUT2D eigenvalue weighted by molar-refractivity contribution is 5.86. The number of carbonyl (C=O) groups excluding carboxylic acids is 1. The largest absolute Gasteiger partial charge is 0.481 e. The molecule has 2 rings (SSSR count). The second-order valence-electron chi connectivity index (χ2n) is 6.30. The third-order valence-corrected chi connectivity index (χ3v) is 4.75. The summed E-state index contributed by atoms with van der Waals surface area (Å²) >= 11 is 0. The van der Waals surface area contributed by atoms with Crippen molar-refractivity contribution >= 4 is 11.9 Å². The van der Waals surface area contributed by atoms with Gasteiger partial charge >= 0.3 is 5.97 Å². The fourth-order valence-electron chi connectivity index (χ4n) is 3.54. The van der Waals surface area contributed by atoms with Gasteiger partial charge in [0.1, 0.15) is 0 Å². The summed E-state index contributed by atoms with van der Waals surface area (Å²) in [6.45, 7) is 0.738. The van der Waals surface area contributed by atoms with Crippen molar-refractivity contribution in [1.29, 1.82) is 0 Å². The van der Waals surface area contributed by atoms with Gasteiger partial charge in [-0.2, -0.15) is 0 Å². The molecule has 0 spiro atoms. The van der Waals surface area contributed by atoms with Crippen molar-refractivity contribution in [2.24, 2.45) is 5.73 Å². The van der Waals surface area contributed by atoms with Crippen LogP contribution in [0, 0.1) is 0 Å². The van der Waals surface area contributed by atoms with Gasteiger partial charge in [-0.25, -0.2) is 0 Å². The Labute approximate surface area is 120 Å². The molecule has 1 amide bonds. The third kappa shape index (κ3) is 3.51. The number of nitrogens with two attached hydrogens (primary N) is 1. The Morgan fingerprint density at radius 2 is 1.85 bits per heavy atom. The summed E-state index contributed by atoms with van der Waals surface area (Å²) in [5, 5.41) is 8.84. The van der Waals surface area contributed by atoms with Gasteiger partial charge < -0.3 is 15.7 Å². The minimum absolute atomic E-state index is 0.0623. The van der Waals surface area contributed by atoms with Crippen molar-refractivity contribution in [1.82, 2.24) is 4.90 Å². The normalized spacial score (nSPS) is 26.2. The molecule has 1 saturated heterocycles. The van der Waals surface area contributed by atoms with Crippen molar-refractivity contribution < 1.29 is 14.7 Å². The number of amides is 1. The first-order valence-electron chi connectivity index (χ1n) is 7.85. The van der Waals surface area contributed by atoms with Crippen LogP contribution in [0.1, 0.15) is 64.2 Å². The van der Waals surface area contributed by atoms with Crippen LogP contribution in [-0.2, 0) is 9.59 Å².